The van der Waals surface area contributed by atoms with Gasteiger partial charge in [-0.1, -0.05) is 17.3 Å². The van der Waals surface area contributed by atoms with Crippen LogP contribution in [0.3, 0.4) is 0 Å². The maximum Gasteiger partial charge on any atom is 0.230 e. The average molecular weight is 351 g/mol. The second-order valence-corrected chi connectivity index (χ2v) is 6.49. The molecule has 134 valence electrons. The Kier molecular flexibility index (Phi) is 4.58. The summed E-state index contributed by atoms with van der Waals surface area (Å²) in [5.74, 6) is -0.113. The number of carbonyl (C=O) groups is 1. The van der Waals surface area contributed by atoms with Crippen molar-refractivity contribution >= 4 is 28.3 Å². The van der Waals surface area contributed by atoms with Gasteiger partial charge < -0.3 is 19.5 Å². The number of para-hydroxylation sites is 1. The Balaban J connectivity index is 1.39. The fraction of sp³-hybridized carbons (Fsp3) is 0.300. The molecule has 26 heavy (non-hydrogen) atoms. The van der Waals surface area contributed by atoms with E-state index >= 15 is 0 Å². The molecule has 1 saturated heterocycles. The van der Waals surface area contributed by atoms with Crippen LogP contribution < -0.4 is 10.2 Å². The van der Waals surface area contributed by atoms with Crippen LogP contribution in [0.4, 0.5) is 11.4 Å². The zero-order chi connectivity index (χ0) is 17.9. The zero-order valence-electron chi connectivity index (χ0n) is 14.6. The maximum atomic E-state index is 12.3. The number of carbonyl (C=O) groups excluding carboxylic acids is 1. The molecular formula is C20H21N3O3. The lowest BCUT2D eigenvalue weighted by atomic mass is 10.1. The quantitative estimate of drug-likeness (QED) is 0.764. The van der Waals surface area contributed by atoms with Crippen LogP contribution in [0.1, 0.15) is 12.1 Å². The van der Waals surface area contributed by atoms with E-state index in [2.05, 4.69) is 15.4 Å². The molecule has 2 aromatic carbocycles. The van der Waals surface area contributed by atoms with Crippen molar-refractivity contribution < 1.29 is 14.1 Å². The number of hydrogen-bond acceptors (Lipinski definition) is 5. The van der Waals surface area contributed by atoms with E-state index in [0.29, 0.717) is 17.4 Å². The third kappa shape index (κ3) is 3.41. The first-order valence-electron chi connectivity index (χ1n) is 8.74. The Morgan fingerprint density at radius 2 is 2.08 bits per heavy atom. The molecule has 3 aromatic rings. The maximum absolute atomic E-state index is 12.3. The third-order valence-electron chi connectivity index (χ3n) is 4.77. The predicted octanol–water partition coefficient (Wildman–Crippen LogP) is 3.23. The lowest BCUT2D eigenvalue weighted by Crippen LogP contribution is -2.22. The van der Waals surface area contributed by atoms with Gasteiger partial charge in [0.15, 0.2) is 5.58 Å². The predicted molar refractivity (Wildman–Crippen MR) is 100 cm³/mol. The van der Waals surface area contributed by atoms with Gasteiger partial charge in [0.05, 0.1) is 12.5 Å². The number of nitrogens with one attached hydrogen (secondary N) is 1. The summed E-state index contributed by atoms with van der Waals surface area (Å²) in [5, 5.41) is 7.80. The van der Waals surface area contributed by atoms with Gasteiger partial charge in [-0.25, -0.2) is 0 Å². The van der Waals surface area contributed by atoms with E-state index in [4.69, 9.17) is 9.26 Å². The number of methoxy groups -OCH3 is 1. The van der Waals surface area contributed by atoms with Crippen LogP contribution >= 0.6 is 0 Å². The third-order valence-corrected chi connectivity index (χ3v) is 4.77. The number of aromatic nitrogens is 1. The van der Waals surface area contributed by atoms with Crippen LogP contribution in [0.2, 0.25) is 0 Å². The number of hydrogen-bond donors (Lipinski definition) is 1. The van der Waals surface area contributed by atoms with Crippen molar-refractivity contribution in [3.63, 3.8) is 0 Å². The molecule has 1 aliphatic heterocycles. The van der Waals surface area contributed by atoms with Crippen molar-refractivity contribution in [2.45, 2.75) is 18.9 Å². The molecule has 4 rings (SSSR count). The largest absolute Gasteiger partial charge is 0.380 e. The van der Waals surface area contributed by atoms with Gasteiger partial charge >= 0.3 is 0 Å². The van der Waals surface area contributed by atoms with Crippen molar-refractivity contribution in [2.75, 3.05) is 30.4 Å². The summed E-state index contributed by atoms with van der Waals surface area (Å²) >= 11 is 0. The first-order chi connectivity index (χ1) is 12.7. The Labute approximate surface area is 151 Å². The number of anilines is 2. The summed E-state index contributed by atoms with van der Waals surface area (Å²) in [4.78, 5) is 14.6. The van der Waals surface area contributed by atoms with Crippen molar-refractivity contribution in [1.29, 1.82) is 0 Å². The second-order valence-electron chi connectivity index (χ2n) is 6.49. The molecule has 1 fully saturated rings. The van der Waals surface area contributed by atoms with Crippen molar-refractivity contribution in [1.82, 2.24) is 5.16 Å². The van der Waals surface area contributed by atoms with E-state index in [1.807, 2.05) is 48.5 Å². The van der Waals surface area contributed by atoms with Crippen molar-refractivity contribution in [2.24, 2.45) is 0 Å². The van der Waals surface area contributed by atoms with Gasteiger partial charge in [-0.3, -0.25) is 4.79 Å². The van der Waals surface area contributed by atoms with Gasteiger partial charge in [0.2, 0.25) is 5.91 Å². The Morgan fingerprint density at radius 3 is 2.85 bits per heavy atom. The van der Waals surface area contributed by atoms with Crippen LogP contribution in [-0.2, 0) is 16.0 Å². The Morgan fingerprint density at radius 1 is 1.27 bits per heavy atom. The van der Waals surface area contributed by atoms with E-state index in [9.17, 15) is 4.79 Å². The van der Waals surface area contributed by atoms with Gasteiger partial charge in [-0.2, -0.15) is 0 Å². The minimum atomic E-state index is -0.113. The van der Waals surface area contributed by atoms with E-state index in [1.165, 1.54) is 0 Å². The molecule has 1 aromatic heterocycles. The van der Waals surface area contributed by atoms with E-state index < -0.39 is 0 Å². The number of rotatable bonds is 5. The van der Waals surface area contributed by atoms with E-state index in [0.717, 1.165) is 36.3 Å². The van der Waals surface area contributed by atoms with Gasteiger partial charge in [0.25, 0.3) is 0 Å². The summed E-state index contributed by atoms with van der Waals surface area (Å²) in [7, 11) is 1.75. The molecule has 0 bridgehead atoms. The summed E-state index contributed by atoms with van der Waals surface area (Å²) in [5.41, 5.74) is 3.26. The molecule has 1 aliphatic rings. The van der Waals surface area contributed by atoms with Gasteiger partial charge in [0.1, 0.15) is 5.69 Å². The first kappa shape index (κ1) is 16.6. The number of fused-ring (bicyclic) bond motifs is 1. The molecule has 1 amide bonds. The first-order valence-corrected chi connectivity index (χ1v) is 8.74. The van der Waals surface area contributed by atoms with Crippen LogP contribution in [0.15, 0.2) is 53.1 Å². The highest BCUT2D eigenvalue weighted by molar-refractivity contribution is 5.94. The SMILES string of the molecule is COC1CCN(c2ccc(NC(=O)Cc3noc4ccccc34)cc2)C1. The molecular weight excluding hydrogens is 330 g/mol. The summed E-state index contributed by atoms with van der Waals surface area (Å²) in [6.45, 7) is 1.89. The molecule has 0 radical (unpaired) electrons. The van der Waals surface area contributed by atoms with Gasteiger partial charge in [-0.05, 0) is 42.8 Å². The second kappa shape index (κ2) is 7.17. The van der Waals surface area contributed by atoms with E-state index in [1.54, 1.807) is 7.11 Å². The highest BCUT2D eigenvalue weighted by atomic mass is 16.5. The van der Waals surface area contributed by atoms with Crippen molar-refractivity contribution in [3.8, 4) is 0 Å². The van der Waals surface area contributed by atoms with Crippen LogP contribution in [0.25, 0.3) is 11.0 Å². The van der Waals surface area contributed by atoms with Crippen LogP contribution in [0.5, 0.6) is 0 Å². The molecule has 0 saturated carbocycles. The normalized spacial score (nSPS) is 17.0. The lowest BCUT2D eigenvalue weighted by Gasteiger charge is -2.18. The monoisotopic (exact) mass is 351 g/mol. The van der Waals surface area contributed by atoms with Crippen LogP contribution in [-0.4, -0.2) is 37.4 Å². The molecule has 1 atom stereocenters. The smallest absolute Gasteiger partial charge is 0.230 e. The Bertz CT molecular complexity index is 904. The van der Waals surface area contributed by atoms with Gasteiger partial charge in [-0.15, -0.1) is 0 Å². The Hall–Kier alpha value is -2.86. The van der Waals surface area contributed by atoms with Crippen LogP contribution in [0, 0.1) is 0 Å². The highest BCUT2D eigenvalue weighted by Crippen LogP contribution is 2.24. The fourth-order valence-corrected chi connectivity index (χ4v) is 3.33. The number of ether oxygens (including phenoxy) is 1. The molecule has 1 N–H and O–H groups in total. The fourth-order valence-electron chi connectivity index (χ4n) is 3.33. The molecule has 0 spiro atoms. The molecule has 6 heteroatoms. The van der Waals surface area contributed by atoms with E-state index in [-0.39, 0.29) is 12.3 Å². The summed E-state index contributed by atoms with van der Waals surface area (Å²) in [6, 6.07) is 15.4. The number of nitrogens with zero attached hydrogens (tertiary/aromatic N) is 2. The molecule has 2 heterocycles. The molecule has 6 nitrogen and oxygen atoms in total. The lowest BCUT2D eigenvalue weighted by molar-refractivity contribution is -0.115. The minimum absolute atomic E-state index is 0.113. The minimum Gasteiger partial charge on any atom is -0.380 e. The number of benzene rings is 2. The molecule has 1 unspecified atom stereocenters. The average Bonchev–Trinajstić information content (AvgIpc) is 3.30. The number of amides is 1. The topological polar surface area (TPSA) is 67.6 Å². The van der Waals surface area contributed by atoms with Gasteiger partial charge in [0, 0.05) is 37.0 Å². The summed E-state index contributed by atoms with van der Waals surface area (Å²) < 4.78 is 10.7. The van der Waals surface area contributed by atoms with Crippen molar-refractivity contribution in [3.05, 3.63) is 54.2 Å². The highest BCUT2D eigenvalue weighted by Gasteiger charge is 2.22. The molecule has 0 aliphatic carbocycles. The standard InChI is InChI=1S/C20H21N3O3/c1-25-16-10-11-23(13-16)15-8-6-14(7-9-15)21-20(24)12-18-17-4-2-3-5-19(17)26-22-18/h2-9,16H,10-13H2,1H3,(H,21,24). The summed E-state index contributed by atoms with van der Waals surface area (Å²) in [6.07, 6.45) is 1.52. The zero-order valence-corrected chi connectivity index (χ0v) is 14.6.